The topological polar surface area (TPSA) is 158 Å². The largest absolute Gasteiger partial charge is 0.447 e. The zero-order chi connectivity index (χ0) is 21.9. The third-order valence-corrected chi connectivity index (χ3v) is 5.11. The van der Waals surface area contributed by atoms with E-state index in [0.717, 1.165) is 12.8 Å². The van der Waals surface area contributed by atoms with Gasteiger partial charge in [-0.15, -0.1) is 0 Å². The van der Waals surface area contributed by atoms with E-state index in [-0.39, 0.29) is 31.5 Å². The molecule has 1 heterocycles. The molecule has 0 radical (unpaired) electrons. The molecule has 0 spiro atoms. The van der Waals surface area contributed by atoms with E-state index in [9.17, 15) is 19.2 Å². The Labute approximate surface area is 175 Å². The van der Waals surface area contributed by atoms with Gasteiger partial charge in [0.25, 0.3) is 0 Å². The number of carbonyl (C=O) groups is 4. The minimum absolute atomic E-state index is 0.0357. The molecular formula is C19H32N4O7. The number of carbonyl (C=O) groups excluding carboxylic acids is 4. The first kappa shape index (κ1) is 23.9. The molecule has 2 aliphatic rings. The van der Waals surface area contributed by atoms with E-state index >= 15 is 0 Å². The summed E-state index contributed by atoms with van der Waals surface area (Å²) in [6.07, 6.45) is 2.38. The van der Waals surface area contributed by atoms with Crippen molar-refractivity contribution >= 4 is 23.8 Å². The molecule has 1 aliphatic carbocycles. The third-order valence-electron chi connectivity index (χ3n) is 5.11. The number of rotatable bonds is 14. The summed E-state index contributed by atoms with van der Waals surface area (Å²) >= 11 is 0. The highest BCUT2D eigenvalue weighted by Crippen LogP contribution is 2.33. The monoisotopic (exact) mass is 428 g/mol. The zero-order valence-electron chi connectivity index (χ0n) is 17.3. The van der Waals surface area contributed by atoms with E-state index in [1.807, 2.05) is 0 Å². The number of hydrogen-bond acceptors (Lipinski definition) is 7. The molecule has 5 N–H and O–H groups in total. The van der Waals surface area contributed by atoms with Gasteiger partial charge in [-0.25, -0.2) is 4.79 Å². The Balaban J connectivity index is 1.82. The van der Waals surface area contributed by atoms with Crippen LogP contribution in [0.25, 0.3) is 0 Å². The van der Waals surface area contributed by atoms with Gasteiger partial charge in [0.1, 0.15) is 18.7 Å². The summed E-state index contributed by atoms with van der Waals surface area (Å²) in [6, 6.07) is -1.83. The van der Waals surface area contributed by atoms with Crippen LogP contribution in [-0.2, 0) is 28.6 Å². The van der Waals surface area contributed by atoms with Crippen molar-refractivity contribution < 1.29 is 33.4 Å². The molecule has 0 unspecified atom stereocenters. The first-order chi connectivity index (χ1) is 14.4. The second kappa shape index (κ2) is 12.3. The lowest BCUT2D eigenvalue weighted by Gasteiger charge is -2.23. The van der Waals surface area contributed by atoms with E-state index in [1.165, 1.54) is 0 Å². The second-order valence-electron chi connectivity index (χ2n) is 7.59. The van der Waals surface area contributed by atoms with Crippen LogP contribution in [0, 0.1) is 11.8 Å². The van der Waals surface area contributed by atoms with Gasteiger partial charge in [0.05, 0.1) is 19.8 Å². The zero-order valence-corrected chi connectivity index (χ0v) is 17.3. The van der Waals surface area contributed by atoms with Gasteiger partial charge in [-0.1, -0.05) is 12.8 Å². The minimum atomic E-state index is -0.986. The quantitative estimate of drug-likeness (QED) is 0.259. The number of ether oxygens (including phenoxy) is 3. The maximum absolute atomic E-state index is 12.7. The molecule has 0 aromatic rings. The summed E-state index contributed by atoms with van der Waals surface area (Å²) in [6.45, 7) is 1.62. The Morgan fingerprint density at radius 3 is 2.40 bits per heavy atom. The van der Waals surface area contributed by atoms with Gasteiger partial charge >= 0.3 is 6.09 Å². The number of hydrogen-bond donors (Lipinski definition) is 4. The number of methoxy groups -OCH3 is 1. The highest BCUT2D eigenvalue weighted by atomic mass is 16.6. The SMILES string of the molecule is COCCOCCOC(=O)N[C@@H](CC1CC1)C(=O)N[C@@H](C[C@@H]1CCNC1=O)C(N)=O. The van der Waals surface area contributed by atoms with Crippen molar-refractivity contribution in [2.75, 3.05) is 40.1 Å². The molecule has 3 atom stereocenters. The molecular weight excluding hydrogens is 396 g/mol. The van der Waals surface area contributed by atoms with Gasteiger partial charge in [0.2, 0.25) is 17.7 Å². The molecule has 11 nitrogen and oxygen atoms in total. The Bertz CT molecular complexity index is 612. The first-order valence-corrected chi connectivity index (χ1v) is 10.3. The van der Waals surface area contributed by atoms with Crippen LogP contribution in [0.1, 0.15) is 32.1 Å². The van der Waals surface area contributed by atoms with Crippen molar-refractivity contribution in [1.29, 1.82) is 0 Å². The first-order valence-electron chi connectivity index (χ1n) is 10.3. The molecule has 4 amide bonds. The predicted octanol–water partition coefficient (Wildman–Crippen LogP) is -0.959. The summed E-state index contributed by atoms with van der Waals surface area (Å²) in [4.78, 5) is 48.4. The normalized spacial score (nSPS) is 20.2. The summed E-state index contributed by atoms with van der Waals surface area (Å²) in [5.41, 5.74) is 5.42. The third kappa shape index (κ3) is 8.54. The molecule has 1 saturated carbocycles. The summed E-state index contributed by atoms with van der Waals surface area (Å²) in [5.74, 6) is -1.42. The minimum Gasteiger partial charge on any atom is -0.447 e. The molecule has 0 aromatic heterocycles. The Hall–Kier alpha value is -2.40. The van der Waals surface area contributed by atoms with Gasteiger partial charge in [-0.2, -0.15) is 0 Å². The Morgan fingerprint density at radius 1 is 1.07 bits per heavy atom. The molecule has 1 aliphatic heterocycles. The molecule has 170 valence electrons. The van der Waals surface area contributed by atoms with Gasteiger partial charge in [0.15, 0.2) is 0 Å². The number of nitrogens with one attached hydrogen (secondary N) is 3. The summed E-state index contributed by atoms with van der Waals surface area (Å²) < 4.78 is 15.1. The fraction of sp³-hybridized carbons (Fsp3) is 0.789. The van der Waals surface area contributed by atoms with E-state index in [0.29, 0.717) is 38.5 Å². The summed E-state index contributed by atoms with van der Waals surface area (Å²) in [7, 11) is 1.56. The van der Waals surface area contributed by atoms with Crippen molar-refractivity contribution in [2.45, 2.75) is 44.2 Å². The van der Waals surface area contributed by atoms with Crippen LogP contribution in [0.4, 0.5) is 4.79 Å². The van der Waals surface area contributed by atoms with Crippen LogP contribution in [0.5, 0.6) is 0 Å². The van der Waals surface area contributed by atoms with Gasteiger partial charge in [-0.05, 0) is 25.2 Å². The second-order valence-corrected chi connectivity index (χ2v) is 7.59. The predicted molar refractivity (Wildman–Crippen MR) is 105 cm³/mol. The van der Waals surface area contributed by atoms with Crippen molar-refractivity contribution in [2.24, 2.45) is 17.6 Å². The van der Waals surface area contributed by atoms with Gasteiger partial charge in [-0.3, -0.25) is 14.4 Å². The van der Waals surface area contributed by atoms with E-state index < -0.39 is 30.0 Å². The van der Waals surface area contributed by atoms with Crippen molar-refractivity contribution in [1.82, 2.24) is 16.0 Å². The number of amides is 4. The van der Waals surface area contributed by atoms with Crippen LogP contribution < -0.4 is 21.7 Å². The molecule has 0 bridgehead atoms. The van der Waals surface area contributed by atoms with Gasteiger partial charge in [0, 0.05) is 19.6 Å². The molecule has 0 aromatic carbocycles. The van der Waals surface area contributed by atoms with Crippen LogP contribution in [-0.4, -0.2) is 76.0 Å². The maximum Gasteiger partial charge on any atom is 0.407 e. The number of nitrogens with two attached hydrogens (primary N) is 1. The maximum atomic E-state index is 12.7. The van der Waals surface area contributed by atoms with E-state index in [4.69, 9.17) is 19.9 Å². The van der Waals surface area contributed by atoms with Crippen LogP contribution >= 0.6 is 0 Å². The van der Waals surface area contributed by atoms with Crippen LogP contribution in [0.3, 0.4) is 0 Å². The van der Waals surface area contributed by atoms with Crippen LogP contribution in [0.2, 0.25) is 0 Å². The lowest BCUT2D eigenvalue weighted by atomic mass is 9.97. The molecule has 2 rings (SSSR count). The van der Waals surface area contributed by atoms with Crippen molar-refractivity contribution in [3.05, 3.63) is 0 Å². The van der Waals surface area contributed by atoms with E-state index in [1.54, 1.807) is 7.11 Å². The van der Waals surface area contributed by atoms with E-state index in [2.05, 4.69) is 16.0 Å². The average Bonchev–Trinajstić information content (AvgIpc) is 3.43. The highest BCUT2D eigenvalue weighted by Gasteiger charge is 2.34. The standard InChI is InChI=1S/C19H32N4O7/c1-28-6-7-29-8-9-30-19(27)23-15(10-12-2-3-12)18(26)22-14(16(20)24)11-13-4-5-21-17(13)25/h12-15H,2-11H2,1H3,(H2,20,24)(H,21,25)(H,22,26)(H,23,27)/t13-,14-,15-/m0/s1. The fourth-order valence-electron chi connectivity index (χ4n) is 3.21. The lowest BCUT2D eigenvalue weighted by molar-refractivity contribution is -0.130. The molecule has 11 heteroatoms. The number of primary amides is 1. The van der Waals surface area contributed by atoms with Crippen molar-refractivity contribution in [3.8, 4) is 0 Å². The number of alkyl carbamates (subject to hydrolysis) is 1. The molecule has 2 fully saturated rings. The Kier molecular flexibility index (Phi) is 9.81. The highest BCUT2D eigenvalue weighted by molar-refractivity contribution is 5.91. The Morgan fingerprint density at radius 2 is 1.80 bits per heavy atom. The van der Waals surface area contributed by atoms with Crippen LogP contribution in [0.15, 0.2) is 0 Å². The lowest BCUT2D eigenvalue weighted by Crippen LogP contribution is -2.53. The van der Waals surface area contributed by atoms with Gasteiger partial charge < -0.3 is 35.9 Å². The fourth-order valence-corrected chi connectivity index (χ4v) is 3.21. The molecule has 30 heavy (non-hydrogen) atoms. The average molecular weight is 428 g/mol. The smallest absolute Gasteiger partial charge is 0.407 e. The molecule has 1 saturated heterocycles. The summed E-state index contributed by atoms with van der Waals surface area (Å²) in [5, 5.41) is 7.83. The van der Waals surface area contributed by atoms with Crippen molar-refractivity contribution in [3.63, 3.8) is 0 Å².